The largest absolute Gasteiger partial charge is 0.497 e. The summed E-state index contributed by atoms with van der Waals surface area (Å²) in [5.41, 5.74) is 7.72. The third-order valence-corrected chi connectivity index (χ3v) is 2.27. The second kappa shape index (κ2) is 3.96. The zero-order valence-electron chi connectivity index (χ0n) is 8.24. The Hall–Kier alpha value is -1.09. The SMILES string of the molecule is COc1cc(N)c2c(c1)OC(C)C2.Cl. The first-order valence-corrected chi connectivity index (χ1v) is 4.33. The number of anilines is 1. The van der Waals surface area contributed by atoms with Crippen molar-refractivity contribution in [1.82, 2.24) is 0 Å². The van der Waals surface area contributed by atoms with Crippen LogP contribution >= 0.6 is 12.4 Å². The molecular formula is C10H14ClNO2. The van der Waals surface area contributed by atoms with E-state index in [-0.39, 0.29) is 18.5 Å². The molecule has 4 heteroatoms. The number of nitrogens with two attached hydrogens (primary N) is 1. The van der Waals surface area contributed by atoms with E-state index in [1.807, 2.05) is 19.1 Å². The van der Waals surface area contributed by atoms with Gasteiger partial charge in [-0.15, -0.1) is 12.4 Å². The quantitative estimate of drug-likeness (QED) is 0.729. The van der Waals surface area contributed by atoms with Gasteiger partial charge in [0.25, 0.3) is 0 Å². The lowest BCUT2D eigenvalue weighted by atomic mass is 10.1. The van der Waals surface area contributed by atoms with E-state index >= 15 is 0 Å². The number of hydrogen-bond acceptors (Lipinski definition) is 3. The molecule has 1 heterocycles. The Morgan fingerprint density at radius 1 is 1.50 bits per heavy atom. The first-order chi connectivity index (χ1) is 6.20. The molecule has 0 aliphatic carbocycles. The highest BCUT2D eigenvalue weighted by molar-refractivity contribution is 5.85. The van der Waals surface area contributed by atoms with E-state index in [1.54, 1.807) is 7.11 Å². The minimum absolute atomic E-state index is 0. The second-order valence-corrected chi connectivity index (χ2v) is 3.33. The van der Waals surface area contributed by atoms with Crippen LogP contribution in [0.1, 0.15) is 12.5 Å². The fourth-order valence-corrected chi connectivity index (χ4v) is 1.63. The van der Waals surface area contributed by atoms with Crippen molar-refractivity contribution in [1.29, 1.82) is 0 Å². The molecule has 0 radical (unpaired) electrons. The molecule has 1 unspecified atom stereocenters. The van der Waals surface area contributed by atoms with Crippen molar-refractivity contribution in [3.05, 3.63) is 17.7 Å². The number of halogens is 1. The molecule has 0 saturated heterocycles. The maximum Gasteiger partial charge on any atom is 0.128 e. The lowest BCUT2D eigenvalue weighted by Crippen LogP contribution is -2.05. The molecule has 1 aromatic rings. The summed E-state index contributed by atoms with van der Waals surface area (Å²) in [6, 6.07) is 3.72. The molecule has 1 atom stereocenters. The number of ether oxygens (including phenoxy) is 2. The van der Waals surface area contributed by atoms with Crippen molar-refractivity contribution in [2.24, 2.45) is 0 Å². The van der Waals surface area contributed by atoms with Crippen LogP contribution in [0, 0.1) is 0 Å². The molecule has 78 valence electrons. The van der Waals surface area contributed by atoms with Crippen LogP contribution in [0.15, 0.2) is 12.1 Å². The lowest BCUT2D eigenvalue weighted by Gasteiger charge is -2.06. The molecule has 3 nitrogen and oxygen atoms in total. The lowest BCUT2D eigenvalue weighted by molar-refractivity contribution is 0.254. The standard InChI is InChI=1S/C10H13NO2.ClH/c1-6-3-8-9(11)4-7(12-2)5-10(8)13-6;/h4-6H,3,11H2,1-2H3;1H. The Kier molecular flexibility index (Phi) is 3.11. The maximum atomic E-state index is 5.85. The van der Waals surface area contributed by atoms with Gasteiger partial charge in [0, 0.05) is 29.8 Å². The number of rotatable bonds is 1. The van der Waals surface area contributed by atoms with E-state index in [0.717, 1.165) is 29.2 Å². The molecule has 0 bridgehead atoms. The molecule has 1 aliphatic heterocycles. The van der Waals surface area contributed by atoms with Gasteiger partial charge in [0.1, 0.15) is 17.6 Å². The summed E-state index contributed by atoms with van der Waals surface area (Å²) in [5, 5.41) is 0. The summed E-state index contributed by atoms with van der Waals surface area (Å²) in [7, 11) is 1.62. The monoisotopic (exact) mass is 215 g/mol. The van der Waals surface area contributed by atoms with Crippen LogP contribution in [0.25, 0.3) is 0 Å². The van der Waals surface area contributed by atoms with Crippen molar-refractivity contribution >= 4 is 18.1 Å². The van der Waals surface area contributed by atoms with E-state index in [4.69, 9.17) is 15.2 Å². The summed E-state index contributed by atoms with van der Waals surface area (Å²) in [4.78, 5) is 0. The Balaban J connectivity index is 0.000000980. The van der Waals surface area contributed by atoms with E-state index < -0.39 is 0 Å². The van der Waals surface area contributed by atoms with Gasteiger partial charge >= 0.3 is 0 Å². The minimum atomic E-state index is 0. The Morgan fingerprint density at radius 2 is 2.21 bits per heavy atom. The second-order valence-electron chi connectivity index (χ2n) is 3.33. The van der Waals surface area contributed by atoms with Gasteiger partial charge in [0.05, 0.1) is 7.11 Å². The molecule has 0 amide bonds. The average molecular weight is 216 g/mol. The topological polar surface area (TPSA) is 44.5 Å². The molecule has 0 aromatic heterocycles. The highest BCUT2D eigenvalue weighted by Crippen LogP contribution is 2.36. The van der Waals surface area contributed by atoms with E-state index in [2.05, 4.69) is 0 Å². The molecular weight excluding hydrogens is 202 g/mol. The van der Waals surface area contributed by atoms with Crippen molar-refractivity contribution in [3.63, 3.8) is 0 Å². The number of nitrogen functional groups attached to an aromatic ring is 1. The molecule has 1 aromatic carbocycles. The molecule has 0 spiro atoms. The fraction of sp³-hybridized carbons (Fsp3) is 0.400. The molecule has 0 saturated carbocycles. The zero-order chi connectivity index (χ0) is 9.42. The summed E-state index contributed by atoms with van der Waals surface area (Å²) in [5.74, 6) is 1.62. The molecule has 2 rings (SSSR count). The van der Waals surface area contributed by atoms with Crippen molar-refractivity contribution in [3.8, 4) is 11.5 Å². The molecule has 1 aliphatic rings. The van der Waals surface area contributed by atoms with Gasteiger partial charge in [0.15, 0.2) is 0 Å². The van der Waals surface area contributed by atoms with Crippen LogP contribution in [0.5, 0.6) is 11.5 Å². The first kappa shape index (κ1) is 11.0. The number of hydrogen-bond donors (Lipinski definition) is 1. The number of methoxy groups -OCH3 is 1. The third kappa shape index (κ3) is 1.73. The average Bonchev–Trinajstić information content (AvgIpc) is 2.46. The van der Waals surface area contributed by atoms with Crippen LogP contribution < -0.4 is 15.2 Å². The van der Waals surface area contributed by atoms with Crippen LogP contribution in [-0.2, 0) is 6.42 Å². The summed E-state index contributed by atoms with van der Waals surface area (Å²) in [6.45, 7) is 2.03. The van der Waals surface area contributed by atoms with Crippen molar-refractivity contribution < 1.29 is 9.47 Å². The van der Waals surface area contributed by atoms with E-state index in [1.165, 1.54) is 0 Å². The van der Waals surface area contributed by atoms with Gasteiger partial charge < -0.3 is 15.2 Å². The number of fused-ring (bicyclic) bond motifs is 1. The van der Waals surface area contributed by atoms with Crippen LogP contribution in [0.4, 0.5) is 5.69 Å². The van der Waals surface area contributed by atoms with Gasteiger partial charge in [-0.2, -0.15) is 0 Å². The van der Waals surface area contributed by atoms with Gasteiger partial charge in [-0.3, -0.25) is 0 Å². The Labute approximate surface area is 89.6 Å². The van der Waals surface area contributed by atoms with Gasteiger partial charge in [-0.1, -0.05) is 0 Å². The predicted molar refractivity (Wildman–Crippen MR) is 58.4 cm³/mol. The predicted octanol–water partition coefficient (Wildman–Crippen LogP) is 2.02. The zero-order valence-corrected chi connectivity index (χ0v) is 9.06. The third-order valence-electron chi connectivity index (χ3n) is 2.27. The van der Waals surface area contributed by atoms with E-state index in [9.17, 15) is 0 Å². The number of benzene rings is 1. The normalized spacial score (nSPS) is 18.0. The van der Waals surface area contributed by atoms with Crippen LogP contribution in [0.3, 0.4) is 0 Å². The van der Waals surface area contributed by atoms with Gasteiger partial charge in [-0.05, 0) is 6.92 Å². The van der Waals surface area contributed by atoms with Crippen molar-refractivity contribution in [2.45, 2.75) is 19.4 Å². The van der Waals surface area contributed by atoms with Crippen LogP contribution in [-0.4, -0.2) is 13.2 Å². The van der Waals surface area contributed by atoms with Crippen molar-refractivity contribution in [2.75, 3.05) is 12.8 Å². The van der Waals surface area contributed by atoms with Gasteiger partial charge in [-0.25, -0.2) is 0 Å². The molecule has 0 fully saturated rings. The maximum absolute atomic E-state index is 5.85. The Bertz CT molecular complexity index is 341. The minimum Gasteiger partial charge on any atom is -0.497 e. The smallest absolute Gasteiger partial charge is 0.128 e. The fourth-order valence-electron chi connectivity index (χ4n) is 1.63. The molecule has 14 heavy (non-hydrogen) atoms. The van der Waals surface area contributed by atoms with E-state index in [0.29, 0.717) is 0 Å². The van der Waals surface area contributed by atoms with Crippen LogP contribution in [0.2, 0.25) is 0 Å². The summed E-state index contributed by atoms with van der Waals surface area (Å²) in [6.07, 6.45) is 1.12. The summed E-state index contributed by atoms with van der Waals surface area (Å²) >= 11 is 0. The first-order valence-electron chi connectivity index (χ1n) is 4.33. The highest BCUT2D eigenvalue weighted by Gasteiger charge is 2.22. The molecule has 2 N–H and O–H groups in total. The summed E-state index contributed by atoms with van der Waals surface area (Å²) < 4.78 is 10.7. The van der Waals surface area contributed by atoms with Gasteiger partial charge in [0.2, 0.25) is 0 Å². The Morgan fingerprint density at radius 3 is 2.86 bits per heavy atom. The highest BCUT2D eigenvalue weighted by atomic mass is 35.5.